The Bertz CT molecular complexity index is 785. The average molecular weight is 250 g/mol. The van der Waals surface area contributed by atoms with Crippen molar-refractivity contribution in [1.82, 2.24) is 9.97 Å². The highest BCUT2D eigenvalue weighted by Crippen LogP contribution is 2.26. The highest BCUT2D eigenvalue weighted by atomic mass is 16.1. The van der Waals surface area contributed by atoms with E-state index in [1.54, 1.807) is 12.4 Å². The van der Waals surface area contributed by atoms with Gasteiger partial charge in [-0.2, -0.15) is 0 Å². The molecular formula is C16H14N2O. The smallest absolute Gasteiger partial charge is 0.251 e. The molecule has 3 rings (SSSR count). The van der Waals surface area contributed by atoms with E-state index in [9.17, 15) is 4.79 Å². The van der Waals surface area contributed by atoms with E-state index in [-0.39, 0.29) is 5.56 Å². The van der Waals surface area contributed by atoms with Gasteiger partial charge >= 0.3 is 0 Å². The second kappa shape index (κ2) is 4.69. The molecule has 0 aliphatic rings. The molecule has 0 amide bonds. The Labute approximate surface area is 111 Å². The molecule has 0 radical (unpaired) electrons. The van der Waals surface area contributed by atoms with Crippen molar-refractivity contribution in [1.29, 1.82) is 0 Å². The first-order valence-corrected chi connectivity index (χ1v) is 6.35. The van der Waals surface area contributed by atoms with Crippen LogP contribution in [0.2, 0.25) is 0 Å². The Kier molecular flexibility index (Phi) is 2.88. The zero-order valence-electron chi connectivity index (χ0n) is 10.7. The van der Waals surface area contributed by atoms with Gasteiger partial charge in [0.15, 0.2) is 0 Å². The molecule has 19 heavy (non-hydrogen) atoms. The van der Waals surface area contributed by atoms with Crippen molar-refractivity contribution in [2.75, 3.05) is 0 Å². The number of fused-ring (bicyclic) bond motifs is 1. The predicted molar refractivity (Wildman–Crippen MR) is 77.2 cm³/mol. The van der Waals surface area contributed by atoms with Crippen molar-refractivity contribution >= 4 is 10.9 Å². The average Bonchev–Trinajstić information content (AvgIpc) is 2.47. The highest BCUT2D eigenvalue weighted by molar-refractivity contribution is 5.94. The minimum Gasteiger partial charge on any atom is -0.328 e. The number of nitrogens with one attached hydrogen (secondary N) is 1. The summed E-state index contributed by atoms with van der Waals surface area (Å²) in [6, 6.07) is 12.0. The topological polar surface area (TPSA) is 45.8 Å². The molecule has 0 unspecified atom stereocenters. The summed E-state index contributed by atoms with van der Waals surface area (Å²) in [6.45, 7) is 1.99. The first-order chi connectivity index (χ1) is 9.29. The van der Waals surface area contributed by atoms with Gasteiger partial charge in [-0.3, -0.25) is 9.78 Å². The van der Waals surface area contributed by atoms with Crippen molar-refractivity contribution in [3.8, 4) is 11.1 Å². The Morgan fingerprint density at radius 1 is 1.21 bits per heavy atom. The molecule has 3 heteroatoms. The molecule has 0 aliphatic carbocycles. The molecule has 3 aromatic rings. The molecule has 0 atom stereocenters. The molecule has 1 aromatic carbocycles. The zero-order chi connectivity index (χ0) is 13.2. The molecule has 2 heterocycles. The van der Waals surface area contributed by atoms with E-state index in [4.69, 9.17) is 0 Å². The fourth-order valence-electron chi connectivity index (χ4n) is 2.30. The van der Waals surface area contributed by atoms with E-state index in [0.29, 0.717) is 0 Å². The van der Waals surface area contributed by atoms with E-state index >= 15 is 0 Å². The second-order valence-electron chi connectivity index (χ2n) is 4.47. The number of hydrogen-bond acceptors (Lipinski definition) is 2. The molecule has 0 fully saturated rings. The third-order valence-electron chi connectivity index (χ3n) is 3.32. The van der Waals surface area contributed by atoms with Crippen molar-refractivity contribution in [3.63, 3.8) is 0 Å². The van der Waals surface area contributed by atoms with Crippen LogP contribution < -0.4 is 5.56 Å². The second-order valence-corrected chi connectivity index (χ2v) is 4.47. The van der Waals surface area contributed by atoms with Crippen LogP contribution in [0.5, 0.6) is 0 Å². The summed E-state index contributed by atoms with van der Waals surface area (Å²) in [5.74, 6) is 0. The number of para-hydroxylation sites is 1. The van der Waals surface area contributed by atoms with Gasteiger partial charge in [0, 0.05) is 23.3 Å². The van der Waals surface area contributed by atoms with Crippen LogP contribution in [0.1, 0.15) is 12.5 Å². The van der Waals surface area contributed by atoms with Crippen molar-refractivity contribution in [2.24, 2.45) is 0 Å². The lowest BCUT2D eigenvalue weighted by molar-refractivity contribution is 1.06. The monoisotopic (exact) mass is 250 g/mol. The largest absolute Gasteiger partial charge is 0.328 e. The van der Waals surface area contributed by atoms with Gasteiger partial charge in [0.1, 0.15) is 0 Å². The predicted octanol–water partition coefficient (Wildman–Crippen LogP) is 3.15. The minimum atomic E-state index is -0.00962. The molecule has 0 spiro atoms. The van der Waals surface area contributed by atoms with Crippen LogP contribution in [-0.2, 0) is 6.42 Å². The Morgan fingerprint density at radius 2 is 2.05 bits per heavy atom. The lowest BCUT2D eigenvalue weighted by Crippen LogP contribution is -2.10. The van der Waals surface area contributed by atoms with Gasteiger partial charge in [-0.05, 0) is 35.7 Å². The summed E-state index contributed by atoms with van der Waals surface area (Å²) in [6.07, 6.45) is 4.30. The van der Waals surface area contributed by atoms with Crippen molar-refractivity contribution < 1.29 is 0 Å². The molecule has 0 aliphatic heterocycles. The van der Waals surface area contributed by atoms with E-state index in [0.717, 1.165) is 34.0 Å². The molecule has 3 nitrogen and oxygen atoms in total. The van der Waals surface area contributed by atoms with Crippen LogP contribution >= 0.6 is 0 Å². The maximum atomic E-state index is 11.6. The van der Waals surface area contributed by atoms with Gasteiger partial charge < -0.3 is 4.98 Å². The highest BCUT2D eigenvalue weighted by Gasteiger charge is 2.06. The summed E-state index contributed by atoms with van der Waals surface area (Å²) >= 11 is 0. The quantitative estimate of drug-likeness (QED) is 0.759. The molecule has 0 saturated carbocycles. The maximum absolute atomic E-state index is 11.6. The number of aromatic amines is 1. The number of nitrogens with zero attached hydrogens (tertiary/aromatic N) is 1. The fourth-order valence-corrected chi connectivity index (χ4v) is 2.30. The molecule has 1 N–H and O–H groups in total. The van der Waals surface area contributed by atoms with Gasteiger partial charge in [-0.15, -0.1) is 0 Å². The van der Waals surface area contributed by atoms with Gasteiger partial charge in [-0.1, -0.05) is 25.1 Å². The third-order valence-corrected chi connectivity index (χ3v) is 3.32. The van der Waals surface area contributed by atoms with Crippen LogP contribution in [0.3, 0.4) is 0 Å². The number of rotatable bonds is 2. The van der Waals surface area contributed by atoms with Crippen molar-refractivity contribution in [2.45, 2.75) is 13.3 Å². The Hall–Kier alpha value is -2.42. The normalized spacial score (nSPS) is 10.8. The SMILES string of the molecule is CCc1cc(-c2ccnc3ccccc23)c[nH]c1=O. The summed E-state index contributed by atoms with van der Waals surface area (Å²) in [5, 5.41) is 1.10. The van der Waals surface area contributed by atoms with Gasteiger partial charge in [-0.25, -0.2) is 0 Å². The number of H-pyrrole nitrogens is 1. The van der Waals surface area contributed by atoms with Crippen LogP contribution in [0.15, 0.2) is 53.6 Å². The molecule has 2 aromatic heterocycles. The number of aromatic nitrogens is 2. The van der Waals surface area contributed by atoms with Gasteiger partial charge in [0.25, 0.3) is 5.56 Å². The lowest BCUT2D eigenvalue weighted by Gasteiger charge is -2.07. The van der Waals surface area contributed by atoms with Crippen molar-refractivity contribution in [3.05, 3.63) is 64.7 Å². The summed E-state index contributed by atoms with van der Waals surface area (Å²) in [4.78, 5) is 18.8. The van der Waals surface area contributed by atoms with Crippen LogP contribution in [0.25, 0.3) is 22.0 Å². The standard InChI is InChI=1S/C16H14N2O/c1-2-11-9-12(10-18-16(11)19)13-7-8-17-15-6-4-3-5-14(13)15/h3-10H,2H2,1H3,(H,18,19). The van der Waals surface area contributed by atoms with E-state index in [1.165, 1.54) is 0 Å². The molecule has 94 valence electrons. The number of aryl methyl sites for hydroxylation is 1. The van der Waals surface area contributed by atoms with Crippen LogP contribution in [-0.4, -0.2) is 9.97 Å². The molecule has 0 bridgehead atoms. The molecular weight excluding hydrogens is 236 g/mol. The number of hydrogen-bond donors (Lipinski definition) is 1. The Morgan fingerprint density at radius 3 is 2.89 bits per heavy atom. The maximum Gasteiger partial charge on any atom is 0.251 e. The van der Waals surface area contributed by atoms with E-state index in [2.05, 4.69) is 9.97 Å². The van der Waals surface area contributed by atoms with E-state index < -0.39 is 0 Å². The lowest BCUT2D eigenvalue weighted by atomic mass is 10.0. The third kappa shape index (κ3) is 2.03. The minimum absolute atomic E-state index is 0.00962. The summed E-state index contributed by atoms with van der Waals surface area (Å²) in [5.41, 5.74) is 3.87. The molecule has 0 saturated heterocycles. The number of pyridine rings is 2. The Balaban J connectivity index is 2.27. The summed E-state index contributed by atoms with van der Waals surface area (Å²) < 4.78 is 0. The number of benzene rings is 1. The van der Waals surface area contributed by atoms with E-state index in [1.807, 2.05) is 43.3 Å². The van der Waals surface area contributed by atoms with Crippen LogP contribution in [0.4, 0.5) is 0 Å². The first kappa shape index (κ1) is 11.7. The first-order valence-electron chi connectivity index (χ1n) is 6.35. The fraction of sp³-hybridized carbons (Fsp3) is 0.125. The summed E-state index contributed by atoms with van der Waals surface area (Å²) in [7, 11) is 0. The zero-order valence-corrected chi connectivity index (χ0v) is 10.7. The van der Waals surface area contributed by atoms with Gasteiger partial charge in [0.2, 0.25) is 0 Å². The van der Waals surface area contributed by atoms with Gasteiger partial charge in [0.05, 0.1) is 5.52 Å². The van der Waals surface area contributed by atoms with Crippen LogP contribution in [0, 0.1) is 0 Å².